The highest BCUT2D eigenvalue weighted by molar-refractivity contribution is 5.99. The van der Waals surface area contributed by atoms with E-state index in [4.69, 9.17) is 47.4 Å². The number of ketones is 1. The number of ether oxygens (including phenoxy) is 10. The summed E-state index contributed by atoms with van der Waals surface area (Å²) >= 11 is 0. The first-order valence-corrected chi connectivity index (χ1v) is 27.2. The van der Waals surface area contributed by atoms with Crippen LogP contribution in [0.5, 0.6) is 0 Å². The molecule has 5 aliphatic heterocycles. The first-order valence-electron chi connectivity index (χ1n) is 27.2. The summed E-state index contributed by atoms with van der Waals surface area (Å²) in [5.41, 5.74) is -1.01. The molecule has 432 valence electrons. The second kappa shape index (κ2) is 21.6. The molecule has 4 aliphatic carbocycles. The van der Waals surface area contributed by atoms with Crippen LogP contribution in [-0.2, 0) is 57.0 Å². The topological polar surface area (TPSA) is 329 Å². The van der Waals surface area contributed by atoms with E-state index in [0.717, 1.165) is 31.3 Å². The third-order valence-electron chi connectivity index (χ3n) is 19.9. The van der Waals surface area contributed by atoms with E-state index in [0.29, 0.717) is 32.1 Å². The van der Waals surface area contributed by atoms with Gasteiger partial charge in [-0.1, -0.05) is 44.9 Å². The zero-order valence-electron chi connectivity index (χ0n) is 44.9. The van der Waals surface area contributed by atoms with Crippen molar-refractivity contribution in [3.63, 3.8) is 0 Å². The summed E-state index contributed by atoms with van der Waals surface area (Å²) in [7, 11) is 1.23. The van der Waals surface area contributed by atoms with Crippen LogP contribution in [-0.4, -0.2) is 218 Å². The average Bonchev–Trinajstić information content (AvgIpc) is 3.76. The Morgan fingerprint density at radius 1 is 0.724 bits per heavy atom. The maximum atomic E-state index is 14.4. The van der Waals surface area contributed by atoms with Gasteiger partial charge in [-0.25, -0.2) is 0 Å². The van der Waals surface area contributed by atoms with Gasteiger partial charge in [-0.15, -0.1) is 6.58 Å². The summed E-state index contributed by atoms with van der Waals surface area (Å²) in [4.78, 5) is 28.7. The maximum Gasteiger partial charge on any atom is 0.314 e. The summed E-state index contributed by atoms with van der Waals surface area (Å²) in [6, 6.07) is 0. The largest absolute Gasteiger partial charge is 0.458 e. The van der Waals surface area contributed by atoms with E-state index < -0.39 is 164 Å². The van der Waals surface area contributed by atoms with Gasteiger partial charge in [0, 0.05) is 13.5 Å². The molecule has 9 rings (SSSR count). The van der Waals surface area contributed by atoms with Gasteiger partial charge in [-0.3, -0.25) is 9.59 Å². The van der Waals surface area contributed by atoms with Crippen LogP contribution in [0.4, 0.5) is 0 Å². The van der Waals surface area contributed by atoms with Crippen molar-refractivity contribution >= 4 is 11.8 Å². The number of carbonyl (C=O) groups is 2. The normalized spacial score (nSPS) is 52.0. The lowest BCUT2D eigenvalue weighted by Crippen LogP contribution is -2.67. The fourth-order valence-electron chi connectivity index (χ4n) is 15.8. The van der Waals surface area contributed by atoms with Gasteiger partial charge in [0.15, 0.2) is 25.2 Å². The summed E-state index contributed by atoms with van der Waals surface area (Å²) in [6.07, 6.45) is -22.3. The van der Waals surface area contributed by atoms with E-state index in [1.54, 1.807) is 0 Å². The second-order valence-electron chi connectivity index (χ2n) is 24.8. The minimum absolute atomic E-state index is 0.0200. The molecule has 0 aromatic rings. The Bertz CT molecular complexity index is 2160. The van der Waals surface area contributed by atoms with Crippen molar-refractivity contribution in [3.8, 4) is 0 Å². The average molecular weight is 1090 g/mol. The van der Waals surface area contributed by atoms with Gasteiger partial charge in [0.25, 0.3) is 0 Å². The van der Waals surface area contributed by atoms with Gasteiger partial charge in [0.2, 0.25) is 0 Å². The molecular formula is C54H84O22. The fourth-order valence-corrected chi connectivity index (χ4v) is 15.8. The molecule has 76 heavy (non-hydrogen) atoms. The number of cyclic esters (lactones) is 1. The third-order valence-corrected chi connectivity index (χ3v) is 19.9. The van der Waals surface area contributed by atoms with Crippen LogP contribution in [0.25, 0.3) is 0 Å². The van der Waals surface area contributed by atoms with Crippen molar-refractivity contribution in [3.05, 3.63) is 23.8 Å². The number of carbonyl (C=O) groups excluding carboxylic acids is 2. The van der Waals surface area contributed by atoms with Gasteiger partial charge < -0.3 is 98.4 Å². The number of hydrogen-bond donors (Lipinski definition) is 10. The van der Waals surface area contributed by atoms with Crippen molar-refractivity contribution in [2.45, 2.75) is 235 Å². The molecule has 8 fully saturated rings. The third kappa shape index (κ3) is 9.41. The van der Waals surface area contributed by atoms with Gasteiger partial charge >= 0.3 is 5.97 Å². The number of hydrogen-bond acceptors (Lipinski definition) is 22. The second-order valence-corrected chi connectivity index (χ2v) is 24.8. The van der Waals surface area contributed by atoms with Crippen molar-refractivity contribution in [1.82, 2.24) is 0 Å². The molecule has 0 amide bonds. The summed E-state index contributed by atoms with van der Waals surface area (Å²) < 4.78 is 59.7. The van der Waals surface area contributed by atoms with E-state index >= 15 is 0 Å². The van der Waals surface area contributed by atoms with Gasteiger partial charge in [0.1, 0.15) is 96.8 Å². The van der Waals surface area contributed by atoms with Crippen molar-refractivity contribution in [2.75, 3.05) is 26.9 Å². The molecule has 0 aromatic carbocycles. The number of aliphatic hydroxyl groups excluding tert-OH is 10. The Kier molecular flexibility index (Phi) is 16.7. The number of fused-ring (bicyclic) bond motifs is 4. The number of methoxy groups -OCH3 is 1. The van der Waals surface area contributed by atoms with Crippen LogP contribution in [0.15, 0.2) is 23.8 Å². The molecular weight excluding hydrogens is 1000 g/mol. The van der Waals surface area contributed by atoms with Crippen LogP contribution in [0.1, 0.15) is 106 Å². The Morgan fingerprint density at radius 2 is 1.33 bits per heavy atom. The lowest BCUT2D eigenvalue weighted by Gasteiger charge is -2.63. The van der Waals surface area contributed by atoms with E-state index in [2.05, 4.69) is 40.3 Å². The molecule has 0 aromatic heterocycles. The maximum absolute atomic E-state index is 14.4. The van der Waals surface area contributed by atoms with E-state index in [9.17, 15) is 60.7 Å². The summed E-state index contributed by atoms with van der Waals surface area (Å²) in [5.74, 6) is -0.650. The zero-order valence-corrected chi connectivity index (χ0v) is 44.9. The molecule has 5 heterocycles. The number of rotatable bonds is 15. The standard InChI is InChI=1S/C54H84O22/c1-23(2)11-10-16-53(8)44-27(57)19-52(7)26-12-13-31-50(4,5)32(15-17-51(31,6)25(26)14-18-54(44,52)49(66)76-53)72-48-43(33(59)28(58)22-68-48)75-47-39(65)42(35(61)30(21-56)71-47)74-45-37(63)36(62)40(24(3)69-45)73-46-38(64)41(67-9)34(60)29(20-55)70-46/h14,24,26,28-48,55-56,58-65H,1,10-13,15-22H2,2-9H3/t24-,26-,28-,29-,30-,31+,32+,33+,34-,35-,36-,37-,38-,39-,40-,41+,42+,43-,44-,45+,46+,47+,48+,51-,52+,53+,54-/m1/s1. The predicted molar refractivity (Wildman–Crippen MR) is 261 cm³/mol. The lowest BCUT2D eigenvalue weighted by molar-refractivity contribution is -0.390. The molecule has 0 unspecified atom stereocenters. The van der Waals surface area contributed by atoms with Crippen molar-refractivity contribution < 1.29 is 108 Å². The van der Waals surface area contributed by atoms with Gasteiger partial charge in [-0.05, 0) is 100 Å². The van der Waals surface area contributed by atoms with Crippen LogP contribution < -0.4 is 0 Å². The fraction of sp³-hybridized carbons (Fsp3) is 0.889. The molecule has 0 bridgehead atoms. The van der Waals surface area contributed by atoms with Gasteiger partial charge in [0.05, 0.1) is 43.4 Å². The monoisotopic (exact) mass is 1080 g/mol. The quantitative estimate of drug-likeness (QED) is 0.0576. The number of aliphatic hydroxyl groups is 10. The van der Waals surface area contributed by atoms with E-state index in [1.165, 1.54) is 19.6 Å². The van der Waals surface area contributed by atoms with Crippen LogP contribution in [0, 0.1) is 39.4 Å². The Morgan fingerprint density at radius 3 is 1.96 bits per heavy atom. The molecule has 3 saturated carbocycles. The smallest absolute Gasteiger partial charge is 0.314 e. The highest BCUT2D eigenvalue weighted by atomic mass is 16.8. The molecule has 27 atom stereocenters. The van der Waals surface area contributed by atoms with Crippen LogP contribution in [0.2, 0.25) is 0 Å². The molecule has 0 radical (unpaired) electrons. The first kappa shape index (κ1) is 58.5. The zero-order chi connectivity index (χ0) is 55.4. The Balaban J connectivity index is 0.884. The van der Waals surface area contributed by atoms with E-state index in [-0.39, 0.29) is 35.6 Å². The molecule has 9 aliphatic rings. The Labute approximate surface area is 443 Å². The molecule has 22 heteroatoms. The van der Waals surface area contributed by atoms with Crippen molar-refractivity contribution in [1.29, 1.82) is 0 Å². The molecule has 1 spiro atoms. The van der Waals surface area contributed by atoms with Crippen LogP contribution in [0.3, 0.4) is 0 Å². The van der Waals surface area contributed by atoms with E-state index in [1.807, 2.05) is 13.8 Å². The predicted octanol–water partition coefficient (Wildman–Crippen LogP) is -0.209. The highest BCUT2D eigenvalue weighted by Crippen LogP contribution is 2.75. The molecule has 5 saturated heterocycles. The van der Waals surface area contributed by atoms with Crippen molar-refractivity contribution in [2.24, 2.45) is 39.4 Å². The summed E-state index contributed by atoms with van der Waals surface area (Å²) in [6.45, 7) is 16.3. The van der Waals surface area contributed by atoms with Crippen LogP contribution >= 0.6 is 0 Å². The Hall–Kier alpha value is -2.14. The molecule has 10 N–H and O–H groups in total. The number of esters is 1. The minimum atomic E-state index is -1.93. The lowest BCUT2D eigenvalue weighted by atomic mass is 9.41. The minimum Gasteiger partial charge on any atom is -0.458 e. The molecule has 22 nitrogen and oxygen atoms in total. The summed E-state index contributed by atoms with van der Waals surface area (Å²) in [5, 5.41) is 110. The SMILES string of the molecule is C=C(C)CCC[C@]1(C)OC(=O)[C@]23CC=C4[C@@H](CC[C@H]5C(C)(C)[C@@H](O[C@@H]6OC[C@@H](O)[C@H](O)[C@H]6O[C@@H]6O[C@H](CO)[C@@H](O)[C@H](O[C@@H]7O[C@H](C)[C@@H](O[C@@H]8O[C@H](CO)[C@@H](O)[C@H](OC)[C@H]8O)[C@H](O)[C@H]7O)[C@H]6O)CC[C@]45C)[C@]2(C)CC(=O)[C@@H]31. The van der Waals surface area contributed by atoms with Gasteiger partial charge in [-0.2, -0.15) is 0 Å². The number of Topliss-reactive ketones (excluding diaryl/α,β-unsaturated/α-hetero) is 1. The first-order chi connectivity index (χ1) is 35.7. The highest BCUT2D eigenvalue weighted by Gasteiger charge is 2.79. The number of allylic oxidation sites excluding steroid dienone is 3.